The molecule has 0 amide bonds. The molecule has 3 aromatic heterocycles. The van der Waals surface area contributed by atoms with Gasteiger partial charge in [0.05, 0.1) is 24.7 Å². The minimum Gasteiger partial charge on any atom is -0.387 e. The first kappa shape index (κ1) is 23.7. The Morgan fingerprint density at radius 1 is 1.17 bits per heavy atom. The molecule has 0 saturated carbocycles. The van der Waals surface area contributed by atoms with Gasteiger partial charge in [-0.15, -0.1) is 16.4 Å². The van der Waals surface area contributed by atoms with Gasteiger partial charge in [-0.2, -0.15) is 4.31 Å². The van der Waals surface area contributed by atoms with Gasteiger partial charge in [-0.05, 0) is 54.8 Å². The lowest BCUT2D eigenvalue weighted by Gasteiger charge is -2.26. The summed E-state index contributed by atoms with van der Waals surface area (Å²) in [5, 5.41) is 10.0. The van der Waals surface area contributed by atoms with Crippen molar-refractivity contribution in [3.63, 3.8) is 0 Å². The third-order valence-electron chi connectivity index (χ3n) is 6.08. The summed E-state index contributed by atoms with van der Waals surface area (Å²) in [6.45, 7) is 5.66. The van der Waals surface area contributed by atoms with Crippen molar-refractivity contribution < 1.29 is 22.8 Å². The van der Waals surface area contributed by atoms with Crippen LogP contribution in [0, 0.1) is 13.8 Å². The van der Waals surface area contributed by atoms with E-state index in [2.05, 4.69) is 20.9 Å². The molecule has 0 atom stereocenters. The number of fused-ring (bicyclic) bond motifs is 1. The minimum absolute atomic E-state index is 0.113. The SMILES string of the molecule is Cc1cc(C(=O)COn2nnc3ccc(S(=O)(=O)N4CCOCC4)cc32)c(C)n1Cc1cccs1. The second kappa shape index (κ2) is 9.53. The molecule has 4 heterocycles. The number of aromatic nitrogens is 4. The number of morpholine rings is 1. The first-order valence-electron chi connectivity index (χ1n) is 11.1. The van der Waals surface area contributed by atoms with Crippen LogP contribution in [0.1, 0.15) is 26.6 Å². The number of Topliss-reactive ketones (excluding diaryl/α,β-unsaturated/α-hetero) is 1. The Labute approximate surface area is 206 Å². The smallest absolute Gasteiger partial charge is 0.243 e. The Bertz CT molecular complexity index is 1470. The summed E-state index contributed by atoms with van der Waals surface area (Å²) in [7, 11) is -3.69. The van der Waals surface area contributed by atoms with E-state index in [0.717, 1.165) is 16.2 Å². The lowest BCUT2D eigenvalue weighted by atomic mass is 10.1. The molecule has 0 unspecified atom stereocenters. The van der Waals surface area contributed by atoms with Crippen LogP contribution in [-0.4, -0.2) is 71.1 Å². The molecular weight excluding hydrogens is 490 g/mol. The summed E-state index contributed by atoms with van der Waals surface area (Å²) < 4.78 is 34.8. The van der Waals surface area contributed by atoms with E-state index in [1.54, 1.807) is 17.4 Å². The highest BCUT2D eigenvalue weighted by Crippen LogP contribution is 2.22. The molecule has 4 aromatic rings. The molecule has 1 aliphatic heterocycles. The number of ketones is 1. The largest absolute Gasteiger partial charge is 0.387 e. The number of carbonyl (C=O) groups is 1. The van der Waals surface area contributed by atoms with Gasteiger partial charge in [-0.3, -0.25) is 4.79 Å². The number of ether oxygens (including phenoxy) is 1. The molecule has 1 aromatic carbocycles. The Morgan fingerprint density at radius 2 is 1.97 bits per heavy atom. The summed E-state index contributed by atoms with van der Waals surface area (Å²) in [5.41, 5.74) is 3.28. The maximum atomic E-state index is 13.0. The normalized spacial score (nSPS) is 15.0. The van der Waals surface area contributed by atoms with E-state index in [4.69, 9.17) is 9.57 Å². The van der Waals surface area contributed by atoms with Crippen molar-refractivity contribution >= 4 is 38.2 Å². The van der Waals surface area contributed by atoms with Crippen molar-refractivity contribution in [2.75, 3.05) is 32.9 Å². The van der Waals surface area contributed by atoms with Gasteiger partial charge in [0.25, 0.3) is 0 Å². The molecule has 12 heteroatoms. The second-order valence-corrected chi connectivity index (χ2v) is 11.2. The van der Waals surface area contributed by atoms with Crippen LogP contribution in [0.5, 0.6) is 0 Å². The van der Waals surface area contributed by atoms with Crippen molar-refractivity contribution in [1.29, 1.82) is 0 Å². The predicted molar refractivity (Wildman–Crippen MR) is 130 cm³/mol. The molecule has 184 valence electrons. The van der Waals surface area contributed by atoms with E-state index in [0.29, 0.717) is 49.4 Å². The molecule has 1 aliphatic rings. The predicted octanol–water partition coefficient (Wildman–Crippen LogP) is 2.29. The first-order chi connectivity index (χ1) is 16.8. The van der Waals surface area contributed by atoms with Gasteiger partial charge in [0.2, 0.25) is 15.8 Å². The second-order valence-electron chi connectivity index (χ2n) is 8.28. The third kappa shape index (κ3) is 4.61. The monoisotopic (exact) mass is 515 g/mol. The number of sulfonamides is 1. The van der Waals surface area contributed by atoms with Gasteiger partial charge < -0.3 is 14.1 Å². The minimum atomic E-state index is -3.69. The Hall–Kier alpha value is -3.06. The van der Waals surface area contributed by atoms with Gasteiger partial charge in [0.15, 0.2) is 6.61 Å². The van der Waals surface area contributed by atoms with Crippen LogP contribution in [0.4, 0.5) is 0 Å². The topological polar surface area (TPSA) is 109 Å². The summed E-state index contributed by atoms with van der Waals surface area (Å²) in [5.74, 6) is -0.198. The van der Waals surface area contributed by atoms with Crippen molar-refractivity contribution in [3.8, 4) is 0 Å². The number of hydrogen-bond donors (Lipinski definition) is 0. The number of aryl methyl sites for hydroxylation is 1. The first-order valence-corrected chi connectivity index (χ1v) is 13.5. The summed E-state index contributed by atoms with van der Waals surface area (Å²) in [6, 6.07) is 10.5. The zero-order valence-corrected chi connectivity index (χ0v) is 21.0. The molecule has 0 N–H and O–H groups in total. The average Bonchev–Trinajstić information content (AvgIpc) is 3.59. The van der Waals surface area contributed by atoms with Gasteiger partial charge in [0, 0.05) is 34.9 Å². The molecular formula is C23H25N5O5S2. The van der Waals surface area contributed by atoms with Crippen LogP contribution in [0.25, 0.3) is 11.0 Å². The highest BCUT2D eigenvalue weighted by atomic mass is 32.2. The Kier molecular flexibility index (Phi) is 6.45. The Balaban J connectivity index is 1.34. The molecule has 0 bridgehead atoms. The number of hydrogen-bond acceptors (Lipinski definition) is 8. The highest BCUT2D eigenvalue weighted by molar-refractivity contribution is 7.89. The maximum Gasteiger partial charge on any atom is 0.243 e. The molecule has 35 heavy (non-hydrogen) atoms. The number of thiophene rings is 1. The fraction of sp³-hybridized carbons (Fsp3) is 0.348. The zero-order chi connectivity index (χ0) is 24.6. The van der Waals surface area contributed by atoms with E-state index >= 15 is 0 Å². The van der Waals surface area contributed by atoms with Gasteiger partial charge in [0.1, 0.15) is 11.0 Å². The van der Waals surface area contributed by atoms with E-state index < -0.39 is 10.0 Å². The third-order valence-corrected chi connectivity index (χ3v) is 8.84. The number of benzene rings is 1. The van der Waals surface area contributed by atoms with Gasteiger partial charge in [-0.25, -0.2) is 8.42 Å². The fourth-order valence-electron chi connectivity index (χ4n) is 4.15. The molecule has 10 nitrogen and oxygen atoms in total. The van der Waals surface area contributed by atoms with Gasteiger partial charge in [-0.1, -0.05) is 10.9 Å². The summed E-state index contributed by atoms with van der Waals surface area (Å²) >= 11 is 1.67. The van der Waals surface area contributed by atoms with E-state index in [1.165, 1.54) is 21.3 Å². The highest BCUT2D eigenvalue weighted by Gasteiger charge is 2.27. The van der Waals surface area contributed by atoms with Crippen molar-refractivity contribution in [3.05, 3.63) is 63.6 Å². The molecule has 0 radical (unpaired) electrons. The lowest BCUT2D eigenvalue weighted by molar-refractivity contribution is 0.0629. The van der Waals surface area contributed by atoms with Crippen LogP contribution in [-0.2, 0) is 21.3 Å². The molecule has 1 fully saturated rings. The summed E-state index contributed by atoms with van der Waals surface area (Å²) in [6.07, 6.45) is 0. The Morgan fingerprint density at radius 3 is 2.71 bits per heavy atom. The van der Waals surface area contributed by atoms with E-state index in [1.807, 2.05) is 31.4 Å². The lowest BCUT2D eigenvalue weighted by Crippen LogP contribution is -2.40. The zero-order valence-electron chi connectivity index (χ0n) is 19.4. The van der Waals surface area contributed by atoms with Crippen molar-refractivity contribution in [1.82, 2.24) is 24.0 Å². The van der Waals surface area contributed by atoms with Crippen LogP contribution < -0.4 is 4.84 Å². The molecule has 0 aliphatic carbocycles. The standard InChI is InChI=1S/C23H25N5O5S2/c1-16-12-20(17(2)27(16)14-18-4-3-11-34-18)23(29)15-33-28-22-13-19(5-6-21(22)24-25-28)35(30,31)26-7-9-32-10-8-26/h3-6,11-13H,7-10,14-15H2,1-2H3. The average molecular weight is 516 g/mol. The number of rotatable bonds is 8. The van der Waals surface area contributed by atoms with Crippen LogP contribution in [0.15, 0.2) is 46.7 Å². The number of nitrogens with zero attached hydrogens (tertiary/aromatic N) is 5. The molecule has 5 rings (SSSR count). The van der Waals surface area contributed by atoms with Crippen LogP contribution in [0.2, 0.25) is 0 Å². The summed E-state index contributed by atoms with van der Waals surface area (Å²) in [4.78, 5) is 21.1. The quantitative estimate of drug-likeness (QED) is 0.331. The van der Waals surface area contributed by atoms with Crippen molar-refractivity contribution in [2.45, 2.75) is 25.3 Å². The maximum absolute atomic E-state index is 13.0. The van der Waals surface area contributed by atoms with Crippen LogP contribution >= 0.6 is 11.3 Å². The van der Waals surface area contributed by atoms with Crippen molar-refractivity contribution in [2.24, 2.45) is 0 Å². The fourth-order valence-corrected chi connectivity index (χ4v) is 6.27. The van der Waals surface area contributed by atoms with Crippen LogP contribution in [0.3, 0.4) is 0 Å². The van der Waals surface area contributed by atoms with E-state index in [9.17, 15) is 13.2 Å². The van der Waals surface area contributed by atoms with E-state index in [-0.39, 0.29) is 17.3 Å². The number of carbonyl (C=O) groups excluding carboxylic acids is 1. The molecule has 1 saturated heterocycles. The van der Waals surface area contributed by atoms with Gasteiger partial charge >= 0.3 is 0 Å². The molecule has 0 spiro atoms.